The van der Waals surface area contributed by atoms with Gasteiger partial charge < -0.3 is 10.5 Å². The predicted octanol–water partition coefficient (Wildman–Crippen LogP) is 2.54. The number of nitrogens with two attached hydrogens (primary N) is 1. The van der Waals surface area contributed by atoms with Gasteiger partial charge in [0.2, 0.25) is 0 Å². The van der Waals surface area contributed by atoms with Crippen molar-refractivity contribution in [1.29, 1.82) is 0 Å². The first kappa shape index (κ1) is 17.0. The maximum atomic E-state index is 12.5. The maximum absolute atomic E-state index is 12.5. The highest BCUT2D eigenvalue weighted by Gasteiger charge is 2.34. The van der Waals surface area contributed by atoms with Crippen LogP contribution in [0.15, 0.2) is 24.3 Å². The van der Waals surface area contributed by atoms with Gasteiger partial charge in [-0.3, -0.25) is 0 Å². The Morgan fingerprint density at radius 2 is 1.50 bits per heavy atom. The summed E-state index contributed by atoms with van der Waals surface area (Å²) in [5.41, 5.74) is 6.94. The standard InChI is InChI=1S/C15H25NO3S/c1-10(2)11(3)20(17,18)12(4)15(16)13-6-8-14(19-5)9-7-13/h6-12,15H,16H2,1-5H3. The zero-order valence-corrected chi connectivity index (χ0v) is 13.6. The van der Waals surface area contributed by atoms with E-state index in [0.717, 1.165) is 11.3 Å². The Kier molecular flexibility index (Phi) is 5.59. The van der Waals surface area contributed by atoms with Gasteiger partial charge in [-0.1, -0.05) is 26.0 Å². The monoisotopic (exact) mass is 299 g/mol. The number of hydrogen-bond acceptors (Lipinski definition) is 4. The zero-order chi connectivity index (χ0) is 15.5. The van der Waals surface area contributed by atoms with Crippen molar-refractivity contribution >= 4 is 9.84 Å². The summed E-state index contributed by atoms with van der Waals surface area (Å²) in [5.74, 6) is 0.803. The molecule has 0 saturated carbocycles. The van der Waals surface area contributed by atoms with E-state index in [9.17, 15) is 8.42 Å². The summed E-state index contributed by atoms with van der Waals surface area (Å²) < 4.78 is 30.1. The Bertz CT molecular complexity index is 523. The van der Waals surface area contributed by atoms with Crippen molar-refractivity contribution in [3.05, 3.63) is 29.8 Å². The fourth-order valence-corrected chi connectivity index (χ4v) is 4.02. The molecule has 0 radical (unpaired) electrons. The smallest absolute Gasteiger partial charge is 0.157 e. The van der Waals surface area contributed by atoms with Gasteiger partial charge in [0.05, 0.1) is 17.6 Å². The second-order valence-electron chi connectivity index (χ2n) is 5.54. The third kappa shape index (κ3) is 3.52. The highest BCUT2D eigenvalue weighted by molar-refractivity contribution is 7.92. The topological polar surface area (TPSA) is 69.4 Å². The highest BCUT2D eigenvalue weighted by atomic mass is 32.2. The van der Waals surface area contributed by atoms with E-state index in [-0.39, 0.29) is 5.92 Å². The van der Waals surface area contributed by atoms with E-state index in [1.54, 1.807) is 33.1 Å². The highest BCUT2D eigenvalue weighted by Crippen LogP contribution is 2.26. The first-order valence-corrected chi connectivity index (χ1v) is 8.45. The van der Waals surface area contributed by atoms with Crippen LogP contribution in [0.4, 0.5) is 0 Å². The first-order chi connectivity index (χ1) is 9.21. The van der Waals surface area contributed by atoms with E-state index in [2.05, 4.69) is 0 Å². The second-order valence-corrected chi connectivity index (χ2v) is 8.21. The maximum Gasteiger partial charge on any atom is 0.157 e. The lowest BCUT2D eigenvalue weighted by molar-refractivity contribution is 0.414. The molecule has 0 saturated heterocycles. The Hall–Kier alpha value is -1.07. The third-order valence-corrected chi connectivity index (χ3v) is 6.89. The molecule has 114 valence electrons. The molecule has 5 heteroatoms. The molecule has 2 N–H and O–H groups in total. The summed E-state index contributed by atoms with van der Waals surface area (Å²) in [5, 5.41) is -1.02. The van der Waals surface area contributed by atoms with Gasteiger partial charge in [-0.2, -0.15) is 0 Å². The number of sulfone groups is 1. The van der Waals surface area contributed by atoms with Crippen LogP contribution in [0.5, 0.6) is 5.75 Å². The van der Waals surface area contributed by atoms with Gasteiger partial charge in [0.15, 0.2) is 9.84 Å². The molecule has 3 atom stereocenters. The Balaban J connectivity index is 2.98. The van der Waals surface area contributed by atoms with E-state index in [0.29, 0.717) is 0 Å². The summed E-state index contributed by atoms with van der Waals surface area (Å²) in [7, 11) is -1.67. The van der Waals surface area contributed by atoms with Crippen LogP contribution >= 0.6 is 0 Å². The van der Waals surface area contributed by atoms with Crippen LogP contribution in [0.3, 0.4) is 0 Å². The van der Waals surface area contributed by atoms with Crippen molar-refractivity contribution in [3.63, 3.8) is 0 Å². The average molecular weight is 299 g/mol. The Morgan fingerprint density at radius 3 is 1.90 bits per heavy atom. The van der Waals surface area contributed by atoms with Crippen molar-refractivity contribution in [2.75, 3.05) is 7.11 Å². The van der Waals surface area contributed by atoms with Crippen LogP contribution < -0.4 is 10.5 Å². The van der Waals surface area contributed by atoms with E-state index < -0.39 is 26.4 Å². The molecule has 0 aliphatic rings. The lowest BCUT2D eigenvalue weighted by Crippen LogP contribution is -2.38. The van der Waals surface area contributed by atoms with Crippen molar-refractivity contribution in [2.24, 2.45) is 11.7 Å². The predicted molar refractivity (Wildman–Crippen MR) is 82.6 cm³/mol. The van der Waals surface area contributed by atoms with Crippen molar-refractivity contribution in [3.8, 4) is 5.75 Å². The van der Waals surface area contributed by atoms with Crippen LogP contribution in [0.1, 0.15) is 39.3 Å². The van der Waals surface area contributed by atoms with E-state index in [4.69, 9.17) is 10.5 Å². The zero-order valence-electron chi connectivity index (χ0n) is 12.8. The van der Waals surface area contributed by atoms with Crippen LogP contribution in [0, 0.1) is 5.92 Å². The van der Waals surface area contributed by atoms with Crippen molar-refractivity contribution < 1.29 is 13.2 Å². The number of benzene rings is 1. The van der Waals surface area contributed by atoms with E-state index in [1.165, 1.54) is 0 Å². The molecule has 20 heavy (non-hydrogen) atoms. The van der Waals surface area contributed by atoms with Crippen molar-refractivity contribution in [1.82, 2.24) is 0 Å². The van der Waals surface area contributed by atoms with Gasteiger partial charge in [-0.05, 0) is 37.5 Å². The molecule has 0 aliphatic heterocycles. The Morgan fingerprint density at radius 1 is 1.00 bits per heavy atom. The lowest BCUT2D eigenvalue weighted by Gasteiger charge is -2.26. The largest absolute Gasteiger partial charge is 0.497 e. The van der Waals surface area contributed by atoms with Crippen LogP contribution in [-0.2, 0) is 9.84 Å². The fourth-order valence-electron chi connectivity index (χ4n) is 2.02. The van der Waals surface area contributed by atoms with Gasteiger partial charge in [-0.25, -0.2) is 8.42 Å². The molecular formula is C15H25NO3S. The molecule has 4 nitrogen and oxygen atoms in total. The molecule has 1 rings (SSSR count). The molecule has 0 amide bonds. The van der Waals surface area contributed by atoms with E-state index >= 15 is 0 Å². The minimum atomic E-state index is -3.26. The quantitative estimate of drug-likeness (QED) is 0.876. The molecular weight excluding hydrogens is 274 g/mol. The molecule has 0 heterocycles. The first-order valence-electron chi connectivity index (χ1n) is 6.84. The molecule has 1 aromatic rings. The minimum absolute atomic E-state index is 0.0746. The van der Waals surface area contributed by atoms with Gasteiger partial charge in [0.1, 0.15) is 5.75 Å². The second kappa shape index (κ2) is 6.59. The van der Waals surface area contributed by atoms with Gasteiger partial charge in [-0.15, -0.1) is 0 Å². The van der Waals surface area contributed by atoms with Crippen LogP contribution in [0.25, 0.3) is 0 Å². The summed E-state index contributed by atoms with van der Waals surface area (Å²) in [4.78, 5) is 0. The van der Waals surface area contributed by atoms with E-state index in [1.807, 2.05) is 26.0 Å². The molecule has 1 aromatic carbocycles. The van der Waals surface area contributed by atoms with Gasteiger partial charge >= 0.3 is 0 Å². The third-order valence-electron chi connectivity index (χ3n) is 3.98. The summed E-state index contributed by atoms with van der Waals surface area (Å²) >= 11 is 0. The fraction of sp³-hybridized carbons (Fsp3) is 0.600. The molecule has 0 bridgehead atoms. The molecule has 0 fully saturated rings. The lowest BCUT2D eigenvalue weighted by atomic mass is 10.1. The average Bonchev–Trinajstić information content (AvgIpc) is 2.44. The summed E-state index contributed by atoms with van der Waals surface area (Å²) in [6.07, 6.45) is 0. The SMILES string of the molecule is COc1ccc(C(N)C(C)S(=O)(=O)C(C)C(C)C)cc1. The van der Waals surface area contributed by atoms with Crippen LogP contribution in [0.2, 0.25) is 0 Å². The Labute approximate surface area is 122 Å². The van der Waals surface area contributed by atoms with Gasteiger partial charge in [0, 0.05) is 6.04 Å². The van der Waals surface area contributed by atoms with Crippen molar-refractivity contribution in [2.45, 2.75) is 44.2 Å². The minimum Gasteiger partial charge on any atom is -0.497 e. The number of rotatable bonds is 6. The number of hydrogen-bond donors (Lipinski definition) is 1. The molecule has 0 aromatic heterocycles. The number of ether oxygens (including phenoxy) is 1. The normalized spacial score (nSPS) is 16.8. The molecule has 3 unspecified atom stereocenters. The van der Waals surface area contributed by atoms with Gasteiger partial charge in [0.25, 0.3) is 0 Å². The molecule has 0 aliphatic carbocycles. The summed E-state index contributed by atoms with van der Waals surface area (Å²) in [6.45, 7) is 7.25. The van der Waals surface area contributed by atoms with Crippen LogP contribution in [-0.4, -0.2) is 26.0 Å². The summed E-state index contributed by atoms with van der Waals surface area (Å²) in [6, 6.07) is 6.68. The molecule has 0 spiro atoms. The number of methoxy groups -OCH3 is 1.